The molecule has 0 atom stereocenters. The molecule has 0 aliphatic carbocycles. The number of nitrogens with two attached hydrogens (primary N) is 1. The lowest BCUT2D eigenvalue weighted by Gasteiger charge is -1.96. The van der Waals surface area contributed by atoms with Crippen LogP contribution in [0.5, 0.6) is 0 Å². The van der Waals surface area contributed by atoms with Gasteiger partial charge in [-0.3, -0.25) is 0 Å². The molecular weight excluding hydrogens is 203 g/mol. The zero-order valence-electron chi connectivity index (χ0n) is 6.28. The molecule has 0 aliphatic rings. The van der Waals surface area contributed by atoms with Gasteiger partial charge in [-0.25, -0.2) is 4.98 Å². The van der Waals surface area contributed by atoms with Crippen LogP contribution < -0.4 is 5.73 Å². The molecule has 0 saturated heterocycles. The number of aromatic nitrogens is 1. The zero-order valence-corrected chi connectivity index (χ0v) is 6.62. The topological polar surface area (TPSA) is 38.9 Å². The van der Waals surface area contributed by atoms with Gasteiger partial charge in [-0.15, -0.1) is 0 Å². The van der Waals surface area contributed by atoms with E-state index in [4.69, 9.17) is 20.1 Å². The number of hydrogen-bond donors (Lipinski definition) is 1. The Morgan fingerprint density at radius 2 is 2.56 bits per heavy atom. The molecular formula is C5H4BrClN2. The van der Waals surface area contributed by atoms with E-state index in [1.165, 1.54) is 0 Å². The van der Waals surface area contributed by atoms with E-state index in [1.807, 2.05) is 0 Å². The minimum absolute atomic E-state index is 0.0666. The minimum atomic E-state index is -0.184. The average Bonchev–Trinajstić information content (AvgIpc) is 1.97. The molecule has 0 spiro atoms. The van der Waals surface area contributed by atoms with Crippen LogP contribution in [0.1, 0.15) is 2.74 Å². The summed E-state index contributed by atoms with van der Waals surface area (Å²) >= 11 is 8.59. The van der Waals surface area contributed by atoms with E-state index in [-0.39, 0.29) is 22.9 Å². The summed E-state index contributed by atoms with van der Waals surface area (Å²) in [5, 5.41) is 0.0666. The van der Waals surface area contributed by atoms with Crippen LogP contribution >= 0.6 is 27.5 Å². The van der Waals surface area contributed by atoms with Crippen molar-refractivity contribution in [1.82, 2.24) is 4.98 Å². The summed E-state index contributed by atoms with van der Waals surface area (Å²) < 4.78 is 14.6. The normalized spacial score (nSPS) is 12.7. The molecule has 0 aromatic carbocycles. The lowest BCUT2D eigenvalue weighted by molar-refractivity contribution is 1.28. The van der Waals surface area contributed by atoms with Gasteiger partial charge in [-0.05, 0) is 22.0 Å². The Kier molecular flexibility index (Phi) is 1.28. The summed E-state index contributed by atoms with van der Waals surface area (Å²) in [6.07, 6.45) is -0.184. The fourth-order valence-electron chi connectivity index (χ4n) is 0.344. The van der Waals surface area contributed by atoms with Crippen LogP contribution in [0.2, 0.25) is 5.02 Å². The van der Waals surface area contributed by atoms with Crippen molar-refractivity contribution in [3.63, 3.8) is 0 Å². The van der Waals surface area contributed by atoms with Crippen molar-refractivity contribution in [1.29, 1.82) is 0 Å². The summed E-state index contributed by atoms with van der Waals surface area (Å²) in [5.74, 6) is 0. The van der Waals surface area contributed by atoms with E-state index < -0.39 is 0 Å². The number of nitrogen functional groups attached to an aromatic ring is 1. The second-order valence-corrected chi connectivity index (χ2v) is 2.50. The number of halogens is 2. The molecule has 0 aliphatic heterocycles. The van der Waals surface area contributed by atoms with Crippen LogP contribution in [-0.2, 0) is 0 Å². The van der Waals surface area contributed by atoms with Gasteiger partial charge < -0.3 is 5.73 Å². The Hall–Kier alpha value is -0.280. The molecule has 1 rings (SSSR count). The minimum Gasteiger partial charge on any atom is -0.395 e. The van der Waals surface area contributed by atoms with Gasteiger partial charge in [-0.1, -0.05) is 11.6 Å². The molecule has 0 bridgehead atoms. The van der Waals surface area contributed by atoms with Gasteiger partial charge in [-0.2, -0.15) is 0 Å². The van der Waals surface area contributed by atoms with Gasteiger partial charge in [0.05, 0.1) is 13.5 Å². The maximum absolute atomic E-state index is 7.20. The zero-order chi connectivity index (χ0) is 8.59. The lowest BCUT2D eigenvalue weighted by Crippen LogP contribution is -1.88. The molecule has 1 aromatic rings. The number of hydrogen-bond acceptors (Lipinski definition) is 2. The van der Waals surface area contributed by atoms with E-state index in [0.717, 1.165) is 0 Å². The Morgan fingerprint density at radius 1 is 1.89 bits per heavy atom. The number of rotatable bonds is 0. The van der Waals surface area contributed by atoms with Crippen molar-refractivity contribution >= 4 is 33.2 Å². The molecule has 0 fully saturated rings. The van der Waals surface area contributed by atoms with E-state index in [0.29, 0.717) is 4.60 Å². The fraction of sp³-hybridized carbons (Fsp3) is 0. The number of pyridine rings is 1. The van der Waals surface area contributed by atoms with Crippen LogP contribution in [0.3, 0.4) is 0 Å². The first-order valence-electron chi connectivity index (χ1n) is 3.11. The highest BCUT2D eigenvalue weighted by Crippen LogP contribution is 2.23. The predicted octanol–water partition coefficient (Wildman–Crippen LogP) is 2.08. The SMILES string of the molecule is [2H]c1nc(Br)c(N)c(Cl)c1[2H]. The van der Waals surface area contributed by atoms with Crippen LogP contribution in [0.4, 0.5) is 5.69 Å². The maximum Gasteiger partial charge on any atom is 0.130 e. The highest BCUT2D eigenvalue weighted by atomic mass is 79.9. The molecule has 1 heterocycles. The molecule has 0 unspecified atom stereocenters. The first-order chi connectivity index (χ1) is 5.04. The third-order valence-electron chi connectivity index (χ3n) is 0.778. The largest absolute Gasteiger partial charge is 0.395 e. The molecule has 0 saturated carbocycles. The Labute approximate surface area is 69.0 Å². The van der Waals surface area contributed by atoms with Crippen LogP contribution in [-0.4, -0.2) is 4.98 Å². The summed E-state index contributed by atoms with van der Waals surface area (Å²) in [4.78, 5) is 3.62. The maximum atomic E-state index is 7.20. The first kappa shape index (κ1) is 4.52. The second-order valence-electron chi connectivity index (χ2n) is 1.37. The van der Waals surface area contributed by atoms with Crippen molar-refractivity contribution in [3.05, 3.63) is 21.8 Å². The third-order valence-corrected chi connectivity index (χ3v) is 1.68. The van der Waals surface area contributed by atoms with E-state index >= 15 is 0 Å². The third kappa shape index (κ3) is 1.34. The van der Waals surface area contributed by atoms with Gasteiger partial charge in [0.1, 0.15) is 4.60 Å². The molecule has 1 aromatic heterocycles. The highest BCUT2D eigenvalue weighted by Gasteiger charge is 1.98. The Balaban J connectivity index is 3.46. The molecule has 2 N–H and O–H groups in total. The standard InChI is InChI=1S/C5H4BrClN2/c6-5-4(8)3(7)1-2-9-5/h1-2H,8H2/i1D,2D. The van der Waals surface area contributed by atoms with Gasteiger partial charge >= 0.3 is 0 Å². The fourth-order valence-corrected chi connectivity index (χ4v) is 0.877. The molecule has 2 nitrogen and oxygen atoms in total. The summed E-state index contributed by atoms with van der Waals surface area (Å²) in [5.41, 5.74) is 5.61. The van der Waals surface area contributed by atoms with E-state index in [9.17, 15) is 0 Å². The van der Waals surface area contributed by atoms with Crippen molar-refractivity contribution in [3.8, 4) is 0 Å². The van der Waals surface area contributed by atoms with Crippen LogP contribution in [0.15, 0.2) is 16.8 Å². The first-order valence-corrected chi connectivity index (χ1v) is 3.28. The lowest BCUT2D eigenvalue weighted by atomic mass is 10.4. The number of anilines is 1. The van der Waals surface area contributed by atoms with Gasteiger partial charge in [0.2, 0.25) is 0 Å². The summed E-state index contributed by atoms with van der Waals surface area (Å²) in [7, 11) is 0. The quantitative estimate of drug-likeness (QED) is 0.665. The average molecular weight is 209 g/mol. The second kappa shape index (κ2) is 2.54. The molecule has 0 amide bonds. The predicted molar refractivity (Wildman–Crippen MR) is 41.4 cm³/mol. The monoisotopic (exact) mass is 208 g/mol. The molecule has 48 valence electrons. The van der Waals surface area contributed by atoms with E-state index in [1.54, 1.807) is 0 Å². The van der Waals surface area contributed by atoms with Crippen molar-refractivity contribution < 1.29 is 2.74 Å². The highest BCUT2D eigenvalue weighted by molar-refractivity contribution is 9.10. The van der Waals surface area contributed by atoms with Gasteiger partial charge in [0.25, 0.3) is 0 Å². The van der Waals surface area contributed by atoms with Crippen molar-refractivity contribution in [2.24, 2.45) is 0 Å². The Morgan fingerprint density at radius 3 is 3.22 bits per heavy atom. The van der Waals surface area contributed by atoms with Gasteiger partial charge in [0, 0.05) is 6.17 Å². The van der Waals surface area contributed by atoms with Crippen molar-refractivity contribution in [2.45, 2.75) is 0 Å². The molecule has 9 heavy (non-hydrogen) atoms. The number of nitrogens with zero attached hydrogens (tertiary/aromatic N) is 1. The molecule has 4 heteroatoms. The Bertz CT molecular complexity index is 279. The summed E-state index contributed by atoms with van der Waals surface area (Å²) in [6.45, 7) is 0. The smallest absolute Gasteiger partial charge is 0.130 e. The van der Waals surface area contributed by atoms with Gasteiger partial charge in [0.15, 0.2) is 0 Å². The molecule has 0 radical (unpaired) electrons. The van der Waals surface area contributed by atoms with Crippen molar-refractivity contribution in [2.75, 3.05) is 5.73 Å². The van der Waals surface area contributed by atoms with Crippen LogP contribution in [0.25, 0.3) is 0 Å². The van der Waals surface area contributed by atoms with E-state index in [2.05, 4.69) is 20.9 Å². The summed E-state index contributed by atoms with van der Waals surface area (Å²) in [6, 6.07) is -0.146. The van der Waals surface area contributed by atoms with Crippen LogP contribution in [0, 0.1) is 0 Å².